The maximum absolute atomic E-state index is 13.2. The Morgan fingerprint density at radius 1 is 1.12 bits per heavy atom. The van der Waals surface area contributed by atoms with Crippen LogP contribution in [0.2, 0.25) is 0 Å². The normalized spacial score (nSPS) is 14.5. The zero-order valence-electron chi connectivity index (χ0n) is 14.0. The first-order chi connectivity index (χ1) is 11.4. The fourth-order valence-electron chi connectivity index (χ4n) is 2.65. The first-order valence-electron chi connectivity index (χ1n) is 7.96. The van der Waals surface area contributed by atoms with E-state index in [9.17, 15) is 18.8 Å². The molecule has 1 heterocycles. The largest absolute Gasteiger partial charge is 0.352 e. The molecule has 0 spiro atoms. The maximum Gasteiger partial charge on any atom is 0.251 e. The Bertz CT molecular complexity index is 640. The van der Waals surface area contributed by atoms with Crippen molar-refractivity contribution in [2.75, 3.05) is 32.7 Å². The Labute approximate surface area is 140 Å². The summed E-state index contributed by atoms with van der Waals surface area (Å²) in [7, 11) is 0. The van der Waals surface area contributed by atoms with Crippen LogP contribution in [0.5, 0.6) is 0 Å². The van der Waals surface area contributed by atoms with Gasteiger partial charge in [0.25, 0.3) is 5.91 Å². The van der Waals surface area contributed by atoms with E-state index in [1.807, 2.05) is 0 Å². The molecule has 1 aromatic carbocycles. The maximum atomic E-state index is 13.2. The van der Waals surface area contributed by atoms with Crippen molar-refractivity contribution < 1.29 is 18.8 Å². The molecule has 6 nitrogen and oxygen atoms in total. The fourth-order valence-corrected chi connectivity index (χ4v) is 2.65. The number of halogens is 1. The number of rotatable bonds is 4. The predicted molar refractivity (Wildman–Crippen MR) is 86.9 cm³/mol. The standard InChI is InChI=1S/C17H22FN3O3/c1-12-3-4-14(18)11-15(12)17(24)19-6-5-16(23)21-9-7-20(8-10-21)13(2)22/h3-4,11H,5-10H2,1-2H3,(H,19,24). The van der Waals surface area contributed by atoms with Gasteiger partial charge in [-0.15, -0.1) is 0 Å². The molecule has 0 bridgehead atoms. The van der Waals surface area contributed by atoms with Crippen LogP contribution in [0.15, 0.2) is 18.2 Å². The number of hydrogen-bond donors (Lipinski definition) is 1. The molecule has 1 aliphatic heterocycles. The van der Waals surface area contributed by atoms with E-state index in [2.05, 4.69) is 5.32 Å². The third kappa shape index (κ3) is 4.53. The summed E-state index contributed by atoms with van der Waals surface area (Å²) >= 11 is 0. The van der Waals surface area contributed by atoms with E-state index in [4.69, 9.17) is 0 Å². The predicted octanol–water partition coefficient (Wildman–Crippen LogP) is 0.945. The van der Waals surface area contributed by atoms with Gasteiger partial charge in [0.1, 0.15) is 5.82 Å². The molecule has 0 unspecified atom stereocenters. The lowest BCUT2D eigenvalue weighted by atomic mass is 10.1. The summed E-state index contributed by atoms with van der Waals surface area (Å²) in [4.78, 5) is 38.8. The third-order valence-corrected chi connectivity index (χ3v) is 4.15. The third-order valence-electron chi connectivity index (χ3n) is 4.15. The van der Waals surface area contributed by atoms with Gasteiger partial charge < -0.3 is 15.1 Å². The molecule has 1 aromatic rings. The molecular formula is C17H22FN3O3. The molecule has 1 aliphatic rings. The summed E-state index contributed by atoms with van der Waals surface area (Å²) in [6.45, 7) is 5.53. The van der Waals surface area contributed by atoms with Crippen molar-refractivity contribution in [3.05, 3.63) is 35.1 Å². The number of aryl methyl sites for hydroxylation is 1. The molecule has 1 N–H and O–H groups in total. The summed E-state index contributed by atoms with van der Waals surface area (Å²) < 4.78 is 13.2. The van der Waals surface area contributed by atoms with Crippen molar-refractivity contribution in [1.82, 2.24) is 15.1 Å². The van der Waals surface area contributed by atoms with Gasteiger partial charge in [-0.1, -0.05) is 6.07 Å². The van der Waals surface area contributed by atoms with Crippen LogP contribution in [0.25, 0.3) is 0 Å². The number of benzene rings is 1. The van der Waals surface area contributed by atoms with Crippen molar-refractivity contribution in [3.8, 4) is 0 Å². The lowest BCUT2D eigenvalue weighted by Gasteiger charge is -2.34. The van der Waals surface area contributed by atoms with Gasteiger partial charge in [0.15, 0.2) is 0 Å². The second-order valence-electron chi connectivity index (χ2n) is 5.85. The number of nitrogens with zero attached hydrogens (tertiary/aromatic N) is 2. The molecule has 0 saturated carbocycles. The van der Waals surface area contributed by atoms with Crippen LogP contribution in [0.3, 0.4) is 0 Å². The van der Waals surface area contributed by atoms with Crippen LogP contribution in [0, 0.1) is 12.7 Å². The first kappa shape index (κ1) is 17.9. The monoisotopic (exact) mass is 335 g/mol. The second-order valence-corrected chi connectivity index (χ2v) is 5.85. The average Bonchev–Trinajstić information content (AvgIpc) is 2.56. The number of hydrogen-bond acceptors (Lipinski definition) is 3. The van der Waals surface area contributed by atoms with Gasteiger partial charge in [0.2, 0.25) is 11.8 Å². The Morgan fingerprint density at radius 2 is 1.75 bits per heavy atom. The lowest BCUT2D eigenvalue weighted by Crippen LogP contribution is -2.50. The molecule has 2 rings (SSSR count). The summed E-state index contributed by atoms with van der Waals surface area (Å²) in [6, 6.07) is 4.04. The quantitative estimate of drug-likeness (QED) is 0.890. The van der Waals surface area contributed by atoms with Gasteiger partial charge in [-0.3, -0.25) is 14.4 Å². The van der Waals surface area contributed by atoms with Crippen molar-refractivity contribution in [1.29, 1.82) is 0 Å². The molecule has 0 aromatic heterocycles. The summed E-state index contributed by atoms with van der Waals surface area (Å²) in [5, 5.41) is 2.65. The number of amides is 3. The summed E-state index contributed by atoms with van der Waals surface area (Å²) in [5.74, 6) is -0.902. The van der Waals surface area contributed by atoms with Gasteiger partial charge in [-0.05, 0) is 24.6 Å². The van der Waals surface area contributed by atoms with Crippen LogP contribution < -0.4 is 5.32 Å². The number of piperazine rings is 1. The van der Waals surface area contributed by atoms with Crippen LogP contribution >= 0.6 is 0 Å². The molecule has 7 heteroatoms. The Kier molecular flexibility index (Phi) is 5.89. The molecule has 130 valence electrons. The summed E-state index contributed by atoms with van der Waals surface area (Å²) in [6.07, 6.45) is 0.181. The second kappa shape index (κ2) is 7.90. The van der Waals surface area contributed by atoms with E-state index in [0.717, 1.165) is 0 Å². The van der Waals surface area contributed by atoms with Crippen LogP contribution in [-0.4, -0.2) is 60.2 Å². The van der Waals surface area contributed by atoms with E-state index in [0.29, 0.717) is 31.7 Å². The Hall–Kier alpha value is -2.44. The molecule has 24 heavy (non-hydrogen) atoms. The topological polar surface area (TPSA) is 69.7 Å². The molecule has 1 saturated heterocycles. The zero-order chi connectivity index (χ0) is 17.7. The first-order valence-corrected chi connectivity index (χ1v) is 7.96. The number of carbonyl (C=O) groups is 3. The molecule has 0 aliphatic carbocycles. The minimum absolute atomic E-state index is 0.0137. The van der Waals surface area contributed by atoms with Crippen molar-refractivity contribution in [3.63, 3.8) is 0 Å². The van der Waals surface area contributed by atoms with E-state index in [1.54, 1.807) is 22.8 Å². The van der Waals surface area contributed by atoms with Gasteiger partial charge in [-0.25, -0.2) is 4.39 Å². The van der Waals surface area contributed by atoms with E-state index in [1.165, 1.54) is 19.1 Å². The number of nitrogens with one attached hydrogen (secondary N) is 1. The van der Waals surface area contributed by atoms with E-state index >= 15 is 0 Å². The smallest absolute Gasteiger partial charge is 0.251 e. The van der Waals surface area contributed by atoms with Gasteiger partial charge in [0, 0.05) is 51.6 Å². The van der Waals surface area contributed by atoms with Crippen LogP contribution in [0.1, 0.15) is 29.3 Å². The van der Waals surface area contributed by atoms with Gasteiger partial charge in [-0.2, -0.15) is 0 Å². The zero-order valence-corrected chi connectivity index (χ0v) is 14.0. The van der Waals surface area contributed by atoms with E-state index in [-0.39, 0.29) is 36.3 Å². The Balaban J connectivity index is 1.78. The minimum Gasteiger partial charge on any atom is -0.352 e. The van der Waals surface area contributed by atoms with Crippen molar-refractivity contribution in [2.24, 2.45) is 0 Å². The molecule has 3 amide bonds. The van der Waals surface area contributed by atoms with Crippen LogP contribution in [0.4, 0.5) is 4.39 Å². The molecule has 1 fully saturated rings. The molecule has 0 radical (unpaired) electrons. The minimum atomic E-state index is -0.467. The highest BCUT2D eigenvalue weighted by molar-refractivity contribution is 5.95. The summed E-state index contributed by atoms with van der Waals surface area (Å²) in [5.41, 5.74) is 0.957. The van der Waals surface area contributed by atoms with Crippen molar-refractivity contribution in [2.45, 2.75) is 20.3 Å². The highest BCUT2D eigenvalue weighted by atomic mass is 19.1. The highest BCUT2D eigenvalue weighted by Gasteiger charge is 2.22. The molecule has 0 atom stereocenters. The van der Waals surface area contributed by atoms with Gasteiger partial charge in [0.05, 0.1) is 0 Å². The SMILES string of the molecule is CC(=O)N1CCN(C(=O)CCNC(=O)c2cc(F)ccc2C)CC1. The fraction of sp³-hybridized carbons (Fsp3) is 0.471. The average molecular weight is 335 g/mol. The lowest BCUT2D eigenvalue weighted by molar-refractivity contribution is -0.138. The van der Waals surface area contributed by atoms with E-state index < -0.39 is 5.82 Å². The highest BCUT2D eigenvalue weighted by Crippen LogP contribution is 2.10. The molecular weight excluding hydrogens is 313 g/mol. The Morgan fingerprint density at radius 3 is 2.38 bits per heavy atom. The van der Waals surface area contributed by atoms with Crippen molar-refractivity contribution >= 4 is 17.7 Å². The van der Waals surface area contributed by atoms with Gasteiger partial charge >= 0.3 is 0 Å². The number of carbonyl (C=O) groups excluding carboxylic acids is 3. The van der Waals surface area contributed by atoms with Crippen LogP contribution in [-0.2, 0) is 9.59 Å².